The molecule has 24 heavy (non-hydrogen) atoms. The molecule has 1 aliphatic rings. The fraction of sp³-hybridized carbons (Fsp3) is 0.579. The van der Waals surface area contributed by atoms with E-state index in [4.69, 9.17) is 0 Å². The lowest BCUT2D eigenvalue weighted by atomic mass is 9.92. The van der Waals surface area contributed by atoms with E-state index in [-0.39, 0.29) is 30.4 Å². The van der Waals surface area contributed by atoms with Crippen molar-refractivity contribution in [1.82, 2.24) is 10.2 Å². The Balaban J connectivity index is 2.23. The number of rotatable bonds is 6. The zero-order valence-electron chi connectivity index (χ0n) is 14.8. The van der Waals surface area contributed by atoms with Gasteiger partial charge in [0.05, 0.1) is 12.6 Å². The van der Waals surface area contributed by atoms with Gasteiger partial charge in [-0.05, 0) is 23.5 Å². The van der Waals surface area contributed by atoms with Crippen LogP contribution in [0.1, 0.15) is 44.7 Å². The van der Waals surface area contributed by atoms with Crippen molar-refractivity contribution < 1.29 is 14.7 Å². The van der Waals surface area contributed by atoms with Crippen molar-refractivity contribution >= 4 is 11.8 Å². The second-order valence-electron chi connectivity index (χ2n) is 6.90. The Morgan fingerprint density at radius 1 is 1.29 bits per heavy atom. The second-order valence-corrected chi connectivity index (χ2v) is 6.90. The van der Waals surface area contributed by atoms with E-state index >= 15 is 0 Å². The summed E-state index contributed by atoms with van der Waals surface area (Å²) in [4.78, 5) is 27.1. The van der Waals surface area contributed by atoms with Gasteiger partial charge in [-0.1, -0.05) is 45.0 Å². The van der Waals surface area contributed by atoms with Gasteiger partial charge in [0.1, 0.15) is 6.04 Å². The smallest absolute Gasteiger partial charge is 0.243 e. The van der Waals surface area contributed by atoms with Crippen LogP contribution in [-0.2, 0) is 22.6 Å². The SMILES string of the molecule is CCC(CO)NC(=O)C1Cc2ccccc2CN1C(=O)CC(C)C. The van der Waals surface area contributed by atoms with Gasteiger partial charge in [-0.25, -0.2) is 0 Å². The number of fused-ring (bicyclic) bond motifs is 1. The van der Waals surface area contributed by atoms with Crippen molar-refractivity contribution in [2.24, 2.45) is 5.92 Å². The Hall–Kier alpha value is -1.88. The van der Waals surface area contributed by atoms with E-state index in [0.717, 1.165) is 11.1 Å². The lowest BCUT2D eigenvalue weighted by Crippen LogP contribution is -2.54. The van der Waals surface area contributed by atoms with Gasteiger partial charge in [-0.15, -0.1) is 0 Å². The molecule has 0 aliphatic carbocycles. The highest BCUT2D eigenvalue weighted by Crippen LogP contribution is 2.25. The zero-order chi connectivity index (χ0) is 17.7. The average molecular weight is 332 g/mol. The predicted octanol–water partition coefficient (Wildman–Crippen LogP) is 1.87. The molecule has 5 nitrogen and oxygen atoms in total. The lowest BCUT2D eigenvalue weighted by molar-refractivity contribution is -0.142. The normalized spacial score (nSPS) is 18.2. The number of carbonyl (C=O) groups is 2. The highest BCUT2D eigenvalue weighted by molar-refractivity contribution is 5.88. The summed E-state index contributed by atoms with van der Waals surface area (Å²) in [7, 11) is 0. The summed E-state index contributed by atoms with van der Waals surface area (Å²) in [5.74, 6) is 0.0819. The molecule has 5 heteroatoms. The van der Waals surface area contributed by atoms with Crippen molar-refractivity contribution in [3.63, 3.8) is 0 Å². The Morgan fingerprint density at radius 3 is 2.54 bits per heavy atom. The van der Waals surface area contributed by atoms with Crippen molar-refractivity contribution in [2.75, 3.05) is 6.61 Å². The summed E-state index contributed by atoms with van der Waals surface area (Å²) >= 11 is 0. The molecule has 2 rings (SSSR count). The van der Waals surface area contributed by atoms with E-state index in [1.807, 2.05) is 45.0 Å². The molecule has 1 heterocycles. The predicted molar refractivity (Wildman–Crippen MR) is 93.2 cm³/mol. The molecule has 0 fully saturated rings. The maximum Gasteiger partial charge on any atom is 0.243 e. The molecule has 1 aromatic rings. The quantitative estimate of drug-likeness (QED) is 0.835. The maximum atomic E-state index is 12.7. The highest BCUT2D eigenvalue weighted by atomic mass is 16.3. The van der Waals surface area contributed by atoms with Gasteiger partial charge < -0.3 is 15.3 Å². The molecule has 2 unspecified atom stereocenters. The first-order valence-electron chi connectivity index (χ1n) is 8.73. The topological polar surface area (TPSA) is 69.6 Å². The van der Waals surface area contributed by atoms with Crippen molar-refractivity contribution in [3.8, 4) is 0 Å². The van der Waals surface area contributed by atoms with E-state index in [1.165, 1.54) is 0 Å². The van der Waals surface area contributed by atoms with E-state index in [1.54, 1.807) is 4.90 Å². The highest BCUT2D eigenvalue weighted by Gasteiger charge is 2.35. The van der Waals surface area contributed by atoms with Gasteiger partial charge in [0, 0.05) is 19.4 Å². The van der Waals surface area contributed by atoms with Crippen LogP contribution in [0.3, 0.4) is 0 Å². The summed E-state index contributed by atoms with van der Waals surface area (Å²) in [6.07, 6.45) is 1.61. The van der Waals surface area contributed by atoms with Crippen LogP contribution in [0.5, 0.6) is 0 Å². The zero-order valence-corrected chi connectivity index (χ0v) is 14.8. The first-order chi connectivity index (χ1) is 11.5. The van der Waals surface area contributed by atoms with Gasteiger partial charge >= 0.3 is 0 Å². The summed E-state index contributed by atoms with van der Waals surface area (Å²) in [5.41, 5.74) is 2.22. The van der Waals surface area contributed by atoms with Crippen LogP contribution in [0.4, 0.5) is 0 Å². The van der Waals surface area contributed by atoms with E-state index in [9.17, 15) is 14.7 Å². The molecule has 0 aromatic heterocycles. The Bertz CT molecular complexity index is 582. The Labute approximate surface area is 144 Å². The molecule has 132 valence electrons. The minimum absolute atomic E-state index is 0.0108. The molecular formula is C19H28N2O3. The number of hydrogen-bond donors (Lipinski definition) is 2. The van der Waals surface area contributed by atoms with Gasteiger partial charge in [0.15, 0.2) is 0 Å². The first-order valence-corrected chi connectivity index (χ1v) is 8.73. The molecule has 0 radical (unpaired) electrons. The summed E-state index contributed by atoms with van der Waals surface area (Å²) < 4.78 is 0. The second kappa shape index (κ2) is 8.29. The minimum atomic E-state index is -0.508. The third kappa shape index (κ3) is 4.35. The van der Waals surface area contributed by atoms with Gasteiger partial charge in [0.2, 0.25) is 11.8 Å². The summed E-state index contributed by atoms with van der Waals surface area (Å²) in [6, 6.07) is 7.18. The molecule has 0 saturated carbocycles. The van der Waals surface area contributed by atoms with Crippen LogP contribution in [0.15, 0.2) is 24.3 Å². The van der Waals surface area contributed by atoms with Crippen LogP contribution in [0, 0.1) is 5.92 Å². The average Bonchev–Trinajstić information content (AvgIpc) is 2.57. The molecular weight excluding hydrogens is 304 g/mol. The van der Waals surface area contributed by atoms with Crippen LogP contribution < -0.4 is 5.32 Å². The third-order valence-corrected chi connectivity index (χ3v) is 4.51. The fourth-order valence-electron chi connectivity index (χ4n) is 3.06. The monoisotopic (exact) mass is 332 g/mol. The lowest BCUT2D eigenvalue weighted by Gasteiger charge is -2.37. The summed E-state index contributed by atoms with van der Waals surface area (Å²) in [6.45, 7) is 6.30. The molecule has 1 aromatic carbocycles. The number of hydrogen-bond acceptors (Lipinski definition) is 3. The van der Waals surface area contributed by atoms with Crippen molar-refractivity contribution in [3.05, 3.63) is 35.4 Å². The fourth-order valence-corrected chi connectivity index (χ4v) is 3.06. The van der Waals surface area contributed by atoms with Crippen LogP contribution >= 0.6 is 0 Å². The number of carbonyl (C=O) groups excluding carboxylic acids is 2. The molecule has 2 atom stereocenters. The van der Waals surface area contributed by atoms with Crippen molar-refractivity contribution in [2.45, 2.75) is 58.7 Å². The largest absolute Gasteiger partial charge is 0.394 e. The number of aliphatic hydroxyl groups is 1. The number of aliphatic hydroxyl groups excluding tert-OH is 1. The van der Waals surface area contributed by atoms with Gasteiger partial charge in [-0.2, -0.15) is 0 Å². The molecule has 1 aliphatic heterocycles. The Kier molecular flexibility index (Phi) is 6.37. The molecule has 0 bridgehead atoms. The number of benzene rings is 1. The van der Waals surface area contributed by atoms with Crippen LogP contribution in [0.25, 0.3) is 0 Å². The van der Waals surface area contributed by atoms with Crippen LogP contribution in [0.2, 0.25) is 0 Å². The molecule has 0 spiro atoms. The molecule has 2 amide bonds. The van der Waals surface area contributed by atoms with Gasteiger partial charge in [0.25, 0.3) is 0 Å². The van der Waals surface area contributed by atoms with E-state index < -0.39 is 6.04 Å². The number of nitrogens with one attached hydrogen (secondary N) is 1. The molecule has 2 N–H and O–H groups in total. The summed E-state index contributed by atoms with van der Waals surface area (Å²) in [5, 5.41) is 12.2. The van der Waals surface area contributed by atoms with E-state index in [2.05, 4.69) is 5.32 Å². The third-order valence-electron chi connectivity index (χ3n) is 4.51. The minimum Gasteiger partial charge on any atom is -0.394 e. The number of nitrogens with zero attached hydrogens (tertiary/aromatic N) is 1. The molecule has 0 saturated heterocycles. The van der Waals surface area contributed by atoms with Crippen LogP contribution in [-0.4, -0.2) is 40.5 Å². The Morgan fingerprint density at radius 2 is 1.96 bits per heavy atom. The first kappa shape index (κ1) is 18.5. The maximum absolute atomic E-state index is 12.7. The van der Waals surface area contributed by atoms with E-state index in [0.29, 0.717) is 25.8 Å². The number of amides is 2. The van der Waals surface area contributed by atoms with Gasteiger partial charge in [-0.3, -0.25) is 9.59 Å². The standard InChI is InChI=1S/C19H28N2O3/c1-4-16(12-22)20-19(24)17-10-14-7-5-6-8-15(14)11-21(17)18(23)9-13(2)3/h5-8,13,16-17,22H,4,9-12H2,1-3H3,(H,20,24). The van der Waals surface area contributed by atoms with Crippen molar-refractivity contribution in [1.29, 1.82) is 0 Å².